The quantitative estimate of drug-likeness (QED) is 0.655. The number of carbonyl (C=O) groups excluding carboxylic acids is 1. The van der Waals surface area contributed by atoms with Gasteiger partial charge in [0.2, 0.25) is 5.91 Å². The van der Waals surface area contributed by atoms with Gasteiger partial charge in [0.15, 0.2) is 0 Å². The molecule has 10 heavy (non-hydrogen) atoms. The summed E-state index contributed by atoms with van der Waals surface area (Å²) >= 11 is 7.06. The van der Waals surface area contributed by atoms with E-state index in [0.29, 0.717) is 0 Å². The van der Waals surface area contributed by atoms with E-state index in [9.17, 15) is 4.79 Å². The number of nitrogens with one attached hydrogen (secondary N) is 1. The molecule has 0 aromatic heterocycles. The molecule has 0 saturated carbocycles. The summed E-state index contributed by atoms with van der Waals surface area (Å²) in [5.41, 5.74) is 0. The molecular weight excluding hydrogens is 170 g/mol. The molecule has 0 aromatic rings. The molecule has 4 heteroatoms. The van der Waals surface area contributed by atoms with Gasteiger partial charge in [-0.2, -0.15) is 0 Å². The molecule has 1 amide bonds. The van der Waals surface area contributed by atoms with Crippen molar-refractivity contribution in [1.29, 1.82) is 0 Å². The molecule has 0 saturated heterocycles. The Bertz CT molecular complexity index is 181. The third-order valence-corrected chi connectivity index (χ3v) is 2.79. The molecule has 1 atom stereocenters. The van der Waals surface area contributed by atoms with Crippen LogP contribution in [0.2, 0.25) is 0 Å². The van der Waals surface area contributed by atoms with Crippen molar-refractivity contribution in [1.82, 2.24) is 5.32 Å². The zero-order valence-corrected chi connectivity index (χ0v) is 7.13. The summed E-state index contributed by atoms with van der Waals surface area (Å²) in [4.78, 5) is 10.9. The molecule has 1 rings (SSSR count). The van der Waals surface area contributed by atoms with Crippen LogP contribution in [-0.4, -0.2) is 18.2 Å². The fraction of sp³-hybridized carbons (Fsp3) is 0.500. The third-order valence-electron chi connectivity index (χ3n) is 1.29. The molecular formula is C6H8ClNOS. The van der Waals surface area contributed by atoms with Gasteiger partial charge in [-0.3, -0.25) is 4.79 Å². The minimum atomic E-state index is -0.00231. The molecule has 56 valence electrons. The van der Waals surface area contributed by atoms with Gasteiger partial charge in [-0.05, 0) is 6.42 Å². The van der Waals surface area contributed by atoms with Gasteiger partial charge in [-0.15, -0.1) is 11.8 Å². The van der Waals surface area contributed by atoms with Gasteiger partial charge in [0, 0.05) is 7.05 Å². The third kappa shape index (κ3) is 1.67. The second-order valence-electron chi connectivity index (χ2n) is 1.96. The average molecular weight is 178 g/mol. The molecule has 1 aliphatic heterocycles. The lowest BCUT2D eigenvalue weighted by Gasteiger charge is -2.04. The van der Waals surface area contributed by atoms with E-state index in [4.69, 9.17) is 11.6 Å². The highest BCUT2D eigenvalue weighted by Crippen LogP contribution is 2.34. The fourth-order valence-corrected chi connectivity index (χ4v) is 2.05. The average Bonchev–Trinajstić information content (AvgIpc) is 2.34. The Kier molecular flexibility index (Phi) is 2.63. The predicted octanol–water partition coefficient (Wildman–Crippen LogP) is 1.32. The van der Waals surface area contributed by atoms with Crippen molar-refractivity contribution >= 4 is 29.3 Å². The van der Waals surface area contributed by atoms with Gasteiger partial charge in [0.1, 0.15) is 0 Å². The normalized spacial score (nSPS) is 24.2. The fourth-order valence-electron chi connectivity index (χ4n) is 0.753. The van der Waals surface area contributed by atoms with Gasteiger partial charge < -0.3 is 5.32 Å². The van der Waals surface area contributed by atoms with Crippen LogP contribution >= 0.6 is 23.4 Å². The van der Waals surface area contributed by atoms with Crippen LogP contribution in [0.5, 0.6) is 0 Å². The van der Waals surface area contributed by atoms with Crippen LogP contribution in [0, 0.1) is 0 Å². The van der Waals surface area contributed by atoms with Crippen LogP contribution in [0.4, 0.5) is 0 Å². The summed E-state index contributed by atoms with van der Waals surface area (Å²) in [6, 6.07) is 0. The van der Waals surface area contributed by atoms with E-state index in [1.165, 1.54) is 11.8 Å². The number of hydrogen-bond donors (Lipinski definition) is 1. The number of hydrogen-bond acceptors (Lipinski definition) is 2. The summed E-state index contributed by atoms with van der Waals surface area (Å²) in [7, 11) is 1.63. The first-order valence-electron chi connectivity index (χ1n) is 2.98. The molecule has 1 unspecified atom stereocenters. The maximum absolute atomic E-state index is 10.9. The lowest BCUT2D eigenvalue weighted by molar-refractivity contribution is -0.119. The minimum Gasteiger partial charge on any atom is -0.358 e. The van der Waals surface area contributed by atoms with E-state index in [1.54, 1.807) is 7.05 Å². The molecule has 1 N–H and O–H groups in total. The topological polar surface area (TPSA) is 29.1 Å². The molecule has 2 nitrogen and oxygen atoms in total. The van der Waals surface area contributed by atoms with Crippen LogP contribution < -0.4 is 5.32 Å². The Morgan fingerprint density at radius 1 is 2.00 bits per heavy atom. The van der Waals surface area contributed by atoms with Crippen LogP contribution in [0.3, 0.4) is 0 Å². The minimum absolute atomic E-state index is 0.00231. The predicted molar refractivity (Wildman–Crippen MR) is 44.0 cm³/mol. The second-order valence-corrected chi connectivity index (χ2v) is 3.84. The number of thioether (sulfide) groups is 1. The van der Waals surface area contributed by atoms with Crippen molar-refractivity contribution in [3.05, 3.63) is 10.4 Å². The number of rotatable bonds is 1. The standard InChI is InChI=1S/C6H8ClNOS/c1-8-6(9)4-2-3-5(7)10-4/h3-4H,2H2,1H3,(H,8,9). The lowest BCUT2D eigenvalue weighted by Crippen LogP contribution is -2.27. The van der Waals surface area contributed by atoms with Gasteiger partial charge in [0.25, 0.3) is 0 Å². The largest absolute Gasteiger partial charge is 0.358 e. The molecule has 0 radical (unpaired) electrons. The first-order valence-corrected chi connectivity index (χ1v) is 4.23. The number of carbonyl (C=O) groups is 1. The van der Waals surface area contributed by atoms with Crippen molar-refractivity contribution < 1.29 is 4.79 Å². The first-order chi connectivity index (χ1) is 4.74. The van der Waals surface area contributed by atoms with E-state index in [1.807, 2.05) is 6.08 Å². The summed E-state index contributed by atoms with van der Waals surface area (Å²) < 4.78 is 0.730. The van der Waals surface area contributed by atoms with Gasteiger partial charge >= 0.3 is 0 Å². The van der Waals surface area contributed by atoms with Crippen molar-refractivity contribution in [2.24, 2.45) is 0 Å². The molecule has 0 spiro atoms. The van der Waals surface area contributed by atoms with E-state index >= 15 is 0 Å². The van der Waals surface area contributed by atoms with Crippen molar-refractivity contribution in [2.45, 2.75) is 11.7 Å². The van der Waals surface area contributed by atoms with Crippen LogP contribution in [-0.2, 0) is 4.79 Å². The van der Waals surface area contributed by atoms with Crippen LogP contribution in [0.15, 0.2) is 10.4 Å². The smallest absolute Gasteiger partial charge is 0.233 e. The van der Waals surface area contributed by atoms with Gasteiger partial charge in [-0.25, -0.2) is 0 Å². The van der Waals surface area contributed by atoms with E-state index in [-0.39, 0.29) is 11.2 Å². The number of halogens is 1. The van der Waals surface area contributed by atoms with Gasteiger partial charge in [0.05, 0.1) is 9.61 Å². The zero-order chi connectivity index (χ0) is 7.56. The van der Waals surface area contributed by atoms with Crippen molar-refractivity contribution in [3.8, 4) is 0 Å². The van der Waals surface area contributed by atoms with E-state index in [2.05, 4.69) is 5.32 Å². The maximum atomic E-state index is 10.9. The van der Waals surface area contributed by atoms with Crippen LogP contribution in [0.25, 0.3) is 0 Å². The van der Waals surface area contributed by atoms with E-state index < -0.39 is 0 Å². The first kappa shape index (κ1) is 7.95. The highest BCUT2D eigenvalue weighted by Gasteiger charge is 2.22. The Labute approximate surface area is 69.0 Å². The van der Waals surface area contributed by atoms with Crippen LogP contribution in [0.1, 0.15) is 6.42 Å². The molecule has 0 fully saturated rings. The summed E-state index contributed by atoms with van der Waals surface area (Å²) in [6.07, 6.45) is 2.62. The highest BCUT2D eigenvalue weighted by atomic mass is 35.5. The van der Waals surface area contributed by atoms with E-state index in [0.717, 1.165) is 10.8 Å². The highest BCUT2D eigenvalue weighted by molar-refractivity contribution is 8.06. The molecule has 0 bridgehead atoms. The Morgan fingerprint density at radius 2 is 2.70 bits per heavy atom. The summed E-state index contributed by atoms with van der Waals surface area (Å²) in [5, 5.41) is 2.57. The number of amides is 1. The molecule has 1 heterocycles. The Morgan fingerprint density at radius 3 is 3.10 bits per heavy atom. The Balaban J connectivity index is 2.42. The Hall–Kier alpha value is -0.150. The molecule has 0 aliphatic carbocycles. The second kappa shape index (κ2) is 3.30. The monoisotopic (exact) mass is 177 g/mol. The molecule has 0 aromatic carbocycles. The molecule has 1 aliphatic rings. The maximum Gasteiger partial charge on any atom is 0.233 e. The van der Waals surface area contributed by atoms with Gasteiger partial charge in [-0.1, -0.05) is 17.7 Å². The lowest BCUT2D eigenvalue weighted by atomic mass is 10.3. The zero-order valence-electron chi connectivity index (χ0n) is 5.56. The van der Waals surface area contributed by atoms with Crippen molar-refractivity contribution in [2.75, 3.05) is 7.05 Å². The summed E-state index contributed by atoms with van der Waals surface area (Å²) in [5.74, 6) is 0.0527. The summed E-state index contributed by atoms with van der Waals surface area (Å²) in [6.45, 7) is 0. The number of allylic oxidation sites excluding steroid dienone is 1. The SMILES string of the molecule is CNC(=O)C1CC=C(Cl)S1. The van der Waals surface area contributed by atoms with Crippen molar-refractivity contribution in [3.63, 3.8) is 0 Å².